The van der Waals surface area contributed by atoms with Gasteiger partial charge in [0, 0.05) is 17.1 Å². The number of ether oxygens (including phenoxy) is 2. The number of thiazole rings is 1. The van der Waals surface area contributed by atoms with E-state index in [1.165, 1.54) is 23.5 Å². The van der Waals surface area contributed by atoms with Crippen LogP contribution in [-0.4, -0.2) is 23.0 Å². The van der Waals surface area contributed by atoms with Gasteiger partial charge in [0.2, 0.25) is 0 Å². The summed E-state index contributed by atoms with van der Waals surface area (Å²) in [5.41, 5.74) is 1.44. The van der Waals surface area contributed by atoms with E-state index in [1.54, 1.807) is 12.5 Å². The Bertz CT molecular complexity index is 920. The van der Waals surface area contributed by atoms with Gasteiger partial charge in [-0.2, -0.15) is 0 Å². The summed E-state index contributed by atoms with van der Waals surface area (Å²) in [6, 6.07) is 10.1. The van der Waals surface area contributed by atoms with Crippen molar-refractivity contribution in [2.75, 3.05) is 12.4 Å². The molecule has 3 aromatic rings. The molecule has 134 valence electrons. The van der Waals surface area contributed by atoms with Gasteiger partial charge in [0.05, 0.1) is 17.7 Å². The number of rotatable bonds is 7. The van der Waals surface area contributed by atoms with Crippen LogP contribution in [0.25, 0.3) is 0 Å². The highest BCUT2D eigenvalue weighted by atomic mass is 32.1. The zero-order valence-electron chi connectivity index (χ0n) is 13.5. The summed E-state index contributed by atoms with van der Waals surface area (Å²) in [6.07, 6.45) is 0. The lowest BCUT2D eigenvalue weighted by molar-refractivity contribution is -0.380. The van der Waals surface area contributed by atoms with E-state index in [0.717, 1.165) is 22.8 Å². The molecule has 0 fully saturated rings. The third-order valence-electron chi connectivity index (χ3n) is 3.22. The minimum absolute atomic E-state index is 0.00861. The number of benzene rings is 1. The lowest BCUT2D eigenvalue weighted by Crippen LogP contribution is -2.03. The first-order valence-corrected chi connectivity index (χ1v) is 9.01. The number of anilines is 2. The Morgan fingerprint density at radius 3 is 2.69 bits per heavy atom. The van der Waals surface area contributed by atoms with Crippen LogP contribution in [0.15, 0.2) is 41.8 Å². The highest BCUT2D eigenvalue weighted by molar-refractivity contribution is 7.17. The van der Waals surface area contributed by atoms with Gasteiger partial charge >= 0.3 is 11.0 Å². The summed E-state index contributed by atoms with van der Waals surface area (Å²) in [6.45, 7) is -0.00861. The normalized spacial score (nSPS) is 10.3. The third kappa shape index (κ3) is 4.35. The number of hydrogen-bond acceptors (Lipinski definition) is 9. The number of methoxy groups -OCH3 is 1. The van der Waals surface area contributed by atoms with Crippen LogP contribution in [0.1, 0.15) is 15.4 Å². The number of carbonyl (C=O) groups excluding carboxylic acids is 1. The molecule has 3 rings (SSSR count). The van der Waals surface area contributed by atoms with Crippen LogP contribution >= 0.6 is 22.7 Å². The standard InChI is InChI=1S/C16H13N3O5S2/c1-23-12-4-2-10(3-5-12)17-16-18-11(9-25-16)8-24-15(20)13-6-7-14(26-13)19(21)22/h2-7,9H,8H2,1H3,(H,17,18). The summed E-state index contributed by atoms with van der Waals surface area (Å²) >= 11 is 2.16. The Morgan fingerprint density at radius 2 is 2.04 bits per heavy atom. The lowest BCUT2D eigenvalue weighted by atomic mass is 10.3. The lowest BCUT2D eigenvalue weighted by Gasteiger charge is -2.04. The molecule has 0 amide bonds. The van der Waals surface area contributed by atoms with Crippen LogP contribution in [-0.2, 0) is 11.3 Å². The van der Waals surface area contributed by atoms with Gasteiger partial charge < -0.3 is 14.8 Å². The number of thiophene rings is 1. The van der Waals surface area contributed by atoms with Gasteiger partial charge in [-0.3, -0.25) is 10.1 Å². The van der Waals surface area contributed by atoms with Crippen LogP contribution in [0.2, 0.25) is 0 Å². The summed E-state index contributed by atoms with van der Waals surface area (Å²) in [5.74, 6) is 0.150. The van der Waals surface area contributed by atoms with Crippen molar-refractivity contribution in [3.8, 4) is 5.75 Å². The monoisotopic (exact) mass is 391 g/mol. The minimum Gasteiger partial charge on any atom is -0.497 e. The molecule has 1 aromatic carbocycles. The van der Waals surface area contributed by atoms with Gasteiger partial charge in [0.15, 0.2) is 5.13 Å². The molecule has 0 aliphatic heterocycles. The number of nitrogens with one attached hydrogen (secondary N) is 1. The molecule has 8 nitrogen and oxygen atoms in total. The summed E-state index contributed by atoms with van der Waals surface area (Å²) < 4.78 is 10.3. The number of esters is 1. The zero-order chi connectivity index (χ0) is 18.5. The smallest absolute Gasteiger partial charge is 0.348 e. The van der Waals surface area contributed by atoms with E-state index in [1.807, 2.05) is 24.3 Å². The molecule has 10 heteroatoms. The molecular weight excluding hydrogens is 378 g/mol. The summed E-state index contributed by atoms with van der Waals surface area (Å²) in [4.78, 5) is 26.6. The molecular formula is C16H13N3O5S2. The maximum absolute atomic E-state index is 11.9. The van der Waals surface area contributed by atoms with E-state index in [0.29, 0.717) is 10.8 Å². The van der Waals surface area contributed by atoms with E-state index in [4.69, 9.17) is 9.47 Å². The summed E-state index contributed by atoms with van der Waals surface area (Å²) in [7, 11) is 1.60. The second kappa shape index (κ2) is 7.93. The molecule has 0 atom stereocenters. The van der Waals surface area contributed by atoms with Crippen molar-refractivity contribution in [2.45, 2.75) is 6.61 Å². The molecule has 2 heterocycles. The number of nitrogens with zero attached hydrogens (tertiary/aromatic N) is 2. The van der Waals surface area contributed by atoms with Crippen molar-refractivity contribution in [3.63, 3.8) is 0 Å². The van der Waals surface area contributed by atoms with Gasteiger partial charge in [-0.25, -0.2) is 9.78 Å². The maximum atomic E-state index is 11.9. The van der Waals surface area contributed by atoms with Gasteiger partial charge in [0.25, 0.3) is 0 Å². The Morgan fingerprint density at radius 1 is 1.27 bits per heavy atom. The first-order chi connectivity index (χ1) is 12.5. The highest BCUT2D eigenvalue weighted by Crippen LogP contribution is 2.26. The van der Waals surface area contributed by atoms with Crippen LogP contribution in [0.5, 0.6) is 5.75 Å². The fourth-order valence-corrected chi connectivity index (χ4v) is 3.40. The SMILES string of the molecule is COc1ccc(Nc2nc(COC(=O)c3ccc([N+](=O)[O-])s3)cs2)cc1. The molecule has 0 radical (unpaired) electrons. The van der Waals surface area contributed by atoms with Gasteiger partial charge in [-0.1, -0.05) is 11.3 Å². The van der Waals surface area contributed by atoms with Crippen LogP contribution < -0.4 is 10.1 Å². The van der Waals surface area contributed by atoms with Crippen LogP contribution in [0.3, 0.4) is 0 Å². The average molecular weight is 391 g/mol. The third-order valence-corrected chi connectivity index (χ3v) is 5.04. The molecule has 0 saturated heterocycles. The van der Waals surface area contributed by atoms with Crippen molar-refractivity contribution < 1.29 is 19.2 Å². The number of nitro groups is 1. The predicted octanol–water partition coefficient (Wildman–Crippen LogP) is 4.22. The second-order valence-corrected chi connectivity index (χ2v) is 6.89. The topological polar surface area (TPSA) is 104 Å². The van der Waals surface area contributed by atoms with E-state index < -0.39 is 10.9 Å². The molecule has 0 unspecified atom stereocenters. The first-order valence-electron chi connectivity index (χ1n) is 7.32. The number of carbonyl (C=O) groups is 1. The molecule has 0 aliphatic rings. The summed E-state index contributed by atoms with van der Waals surface area (Å²) in [5, 5.41) is 16.1. The predicted molar refractivity (Wildman–Crippen MR) is 98.5 cm³/mol. The van der Waals surface area contributed by atoms with E-state index in [2.05, 4.69) is 10.3 Å². The molecule has 0 saturated carbocycles. The van der Waals surface area contributed by atoms with Gasteiger partial charge in [-0.15, -0.1) is 11.3 Å². The molecule has 2 aromatic heterocycles. The fraction of sp³-hybridized carbons (Fsp3) is 0.125. The largest absolute Gasteiger partial charge is 0.497 e. The van der Waals surface area contributed by atoms with Gasteiger partial charge in [0.1, 0.15) is 17.2 Å². The Labute approximate surface area is 156 Å². The minimum atomic E-state index is -0.610. The maximum Gasteiger partial charge on any atom is 0.348 e. The van der Waals surface area contributed by atoms with Crippen molar-refractivity contribution >= 4 is 44.5 Å². The van der Waals surface area contributed by atoms with Gasteiger partial charge in [-0.05, 0) is 30.3 Å². The quantitative estimate of drug-likeness (QED) is 0.365. The molecule has 1 N–H and O–H groups in total. The first kappa shape index (κ1) is 17.8. The molecule has 0 spiro atoms. The van der Waals surface area contributed by atoms with E-state index in [9.17, 15) is 14.9 Å². The van der Waals surface area contributed by atoms with Crippen LogP contribution in [0, 0.1) is 10.1 Å². The Hall–Kier alpha value is -2.98. The second-order valence-electron chi connectivity index (χ2n) is 4.97. The van der Waals surface area contributed by atoms with Crippen LogP contribution in [0.4, 0.5) is 15.8 Å². The number of hydrogen-bond donors (Lipinski definition) is 1. The van der Waals surface area contributed by atoms with E-state index >= 15 is 0 Å². The van der Waals surface area contributed by atoms with Crippen molar-refractivity contribution in [2.24, 2.45) is 0 Å². The zero-order valence-corrected chi connectivity index (χ0v) is 15.1. The Balaban J connectivity index is 1.55. The van der Waals surface area contributed by atoms with Crippen molar-refractivity contribution in [1.82, 2.24) is 4.98 Å². The molecule has 0 aliphatic carbocycles. The van der Waals surface area contributed by atoms with E-state index in [-0.39, 0.29) is 16.5 Å². The average Bonchev–Trinajstić information content (AvgIpc) is 3.30. The van der Waals surface area contributed by atoms with Crippen molar-refractivity contribution in [3.05, 3.63) is 62.5 Å². The highest BCUT2D eigenvalue weighted by Gasteiger charge is 2.17. The fourth-order valence-electron chi connectivity index (χ4n) is 1.97. The van der Waals surface area contributed by atoms with Crippen molar-refractivity contribution in [1.29, 1.82) is 0 Å². The Kier molecular flexibility index (Phi) is 5.44. The molecule has 0 bridgehead atoms. The number of aromatic nitrogens is 1. The molecule has 26 heavy (non-hydrogen) atoms.